The van der Waals surface area contributed by atoms with Crippen molar-refractivity contribution < 1.29 is 0 Å². The lowest BCUT2D eigenvalue weighted by atomic mass is 10.1. The molecular formula is C24H29N7. The molecule has 3 aromatic rings. The first kappa shape index (κ1) is 20.8. The SMILES string of the molecule is C=C(Nc1cnccc1N1CCC(N)CC1)c1nc(-c2ccc(CC)cc2)cnc1N. The first-order valence-corrected chi connectivity index (χ1v) is 10.7. The number of hydrogen-bond donors (Lipinski definition) is 3. The summed E-state index contributed by atoms with van der Waals surface area (Å²) in [4.78, 5) is 15.7. The number of nitrogens with two attached hydrogens (primary N) is 2. The minimum atomic E-state index is 0.272. The topological polar surface area (TPSA) is 106 Å². The summed E-state index contributed by atoms with van der Waals surface area (Å²) >= 11 is 0. The largest absolute Gasteiger partial charge is 0.382 e. The van der Waals surface area contributed by atoms with Gasteiger partial charge in [-0.15, -0.1) is 0 Å². The Bertz CT molecular complexity index is 1050. The van der Waals surface area contributed by atoms with E-state index in [4.69, 9.17) is 16.5 Å². The summed E-state index contributed by atoms with van der Waals surface area (Å²) in [6.07, 6.45) is 8.23. The van der Waals surface area contributed by atoms with Crippen LogP contribution in [0.25, 0.3) is 17.0 Å². The highest BCUT2D eigenvalue weighted by atomic mass is 15.2. The van der Waals surface area contributed by atoms with E-state index in [-0.39, 0.29) is 6.04 Å². The number of nitrogens with zero attached hydrogens (tertiary/aromatic N) is 4. The molecule has 7 heteroatoms. The zero-order chi connectivity index (χ0) is 21.8. The quantitative estimate of drug-likeness (QED) is 0.564. The van der Waals surface area contributed by atoms with Crippen molar-refractivity contribution in [3.8, 4) is 11.3 Å². The van der Waals surface area contributed by atoms with E-state index in [0.29, 0.717) is 17.2 Å². The Morgan fingerprint density at radius 1 is 1.16 bits per heavy atom. The first-order chi connectivity index (χ1) is 15.0. The molecule has 0 radical (unpaired) electrons. The molecule has 1 aliphatic rings. The fourth-order valence-corrected chi connectivity index (χ4v) is 3.79. The van der Waals surface area contributed by atoms with Crippen LogP contribution in [-0.4, -0.2) is 34.1 Å². The molecule has 0 amide bonds. The fraction of sp³-hybridized carbons (Fsp3) is 0.292. The van der Waals surface area contributed by atoms with E-state index >= 15 is 0 Å². The Balaban J connectivity index is 1.58. The fourth-order valence-electron chi connectivity index (χ4n) is 3.79. The molecule has 0 saturated carbocycles. The molecule has 0 unspecified atom stereocenters. The second kappa shape index (κ2) is 9.14. The predicted octanol–water partition coefficient (Wildman–Crippen LogP) is 3.69. The molecule has 3 heterocycles. The maximum absolute atomic E-state index is 6.15. The molecule has 1 fully saturated rings. The number of nitrogens with one attached hydrogen (secondary N) is 1. The number of benzene rings is 1. The van der Waals surface area contributed by atoms with Gasteiger partial charge in [0.1, 0.15) is 5.69 Å². The molecule has 0 atom stereocenters. The third-order valence-corrected chi connectivity index (χ3v) is 5.71. The highest BCUT2D eigenvalue weighted by Gasteiger charge is 2.19. The monoisotopic (exact) mass is 415 g/mol. The summed E-state index contributed by atoms with van der Waals surface area (Å²) in [7, 11) is 0. The van der Waals surface area contributed by atoms with Gasteiger partial charge in [-0.25, -0.2) is 9.97 Å². The molecule has 0 bridgehead atoms. The summed E-state index contributed by atoms with van der Waals surface area (Å²) in [5, 5.41) is 3.36. The Kier molecular flexibility index (Phi) is 6.13. The number of nitrogen functional groups attached to an aromatic ring is 1. The molecule has 0 aliphatic carbocycles. The normalized spacial score (nSPS) is 14.5. The Hall–Kier alpha value is -3.45. The molecular weight excluding hydrogens is 386 g/mol. The highest BCUT2D eigenvalue weighted by molar-refractivity contribution is 5.84. The number of piperidine rings is 1. The van der Waals surface area contributed by atoms with Crippen molar-refractivity contribution in [2.45, 2.75) is 32.2 Å². The van der Waals surface area contributed by atoms with Gasteiger partial charge in [0, 0.05) is 30.9 Å². The summed E-state index contributed by atoms with van der Waals surface area (Å²) in [5.74, 6) is 0.334. The lowest BCUT2D eigenvalue weighted by Crippen LogP contribution is -2.39. The molecule has 7 nitrogen and oxygen atoms in total. The van der Waals surface area contributed by atoms with Crippen LogP contribution in [0.5, 0.6) is 0 Å². The van der Waals surface area contributed by atoms with Gasteiger partial charge in [-0.2, -0.15) is 0 Å². The molecule has 1 saturated heterocycles. The van der Waals surface area contributed by atoms with Crippen molar-refractivity contribution in [1.29, 1.82) is 0 Å². The molecule has 160 valence electrons. The van der Waals surface area contributed by atoms with Crippen LogP contribution in [0.2, 0.25) is 0 Å². The number of aromatic nitrogens is 3. The maximum atomic E-state index is 6.15. The highest BCUT2D eigenvalue weighted by Crippen LogP contribution is 2.30. The molecule has 4 rings (SSSR count). The van der Waals surface area contributed by atoms with Gasteiger partial charge >= 0.3 is 0 Å². The van der Waals surface area contributed by atoms with Gasteiger partial charge in [0.05, 0.1) is 35.2 Å². The number of pyridine rings is 1. The molecule has 2 aromatic heterocycles. The van der Waals surface area contributed by atoms with Crippen LogP contribution in [0.3, 0.4) is 0 Å². The average Bonchev–Trinajstić information content (AvgIpc) is 2.80. The van der Waals surface area contributed by atoms with Crippen LogP contribution >= 0.6 is 0 Å². The van der Waals surface area contributed by atoms with Crippen molar-refractivity contribution in [3.63, 3.8) is 0 Å². The van der Waals surface area contributed by atoms with Crippen LogP contribution in [0.4, 0.5) is 17.2 Å². The summed E-state index contributed by atoms with van der Waals surface area (Å²) < 4.78 is 0. The summed E-state index contributed by atoms with van der Waals surface area (Å²) in [6.45, 7) is 8.15. The van der Waals surface area contributed by atoms with E-state index in [2.05, 4.69) is 58.0 Å². The van der Waals surface area contributed by atoms with Crippen LogP contribution < -0.4 is 21.7 Å². The number of hydrogen-bond acceptors (Lipinski definition) is 7. The zero-order valence-electron chi connectivity index (χ0n) is 17.9. The maximum Gasteiger partial charge on any atom is 0.151 e. The Morgan fingerprint density at radius 2 is 1.90 bits per heavy atom. The zero-order valence-corrected chi connectivity index (χ0v) is 17.9. The molecule has 31 heavy (non-hydrogen) atoms. The number of anilines is 3. The van der Waals surface area contributed by atoms with E-state index in [0.717, 1.165) is 55.0 Å². The van der Waals surface area contributed by atoms with E-state index in [1.807, 2.05) is 6.07 Å². The van der Waals surface area contributed by atoms with Crippen LogP contribution in [0, 0.1) is 0 Å². The minimum Gasteiger partial charge on any atom is -0.382 e. The summed E-state index contributed by atoms with van der Waals surface area (Å²) in [5.41, 5.74) is 18.3. The van der Waals surface area contributed by atoms with Crippen LogP contribution in [0.15, 0.2) is 55.5 Å². The lowest BCUT2D eigenvalue weighted by molar-refractivity contribution is 0.501. The van der Waals surface area contributed by atoms with Gasteiger partial charge in [-0.1, -0.05) is 37.8 Å². The van der Waals surface area contributed by atoms with Crippen LogP contribution in [-0.2, 0) is 6.42 Å². The van der Waals surface area contributed by atoms with E-state index in [1.54, 1.807) is 18.6 Å². The molecule has 1 aliphatic heterocycles. The van der Waals surface area contributed by atoms with Gasteiger partial charge in [0.15, 0.2) is 5.82 Å². The van der Waals surface area contributed by atoms with Crippen molar-refractivity contribution in [2.75, 3.05) is 29.0 Å². The standard InChI is InChI=1S/C24H29N7/c1-3-17-4-6-18(7-5-17)20-15-28-24(26)23(30-20)16(2)29-21-14-27-11-8-22(21)31-12-9-19(25)10-13-31/h4-8,11,14-15,19,29H,2-3,9-10,12-13,25H2,1H3,(H2,26,28). The third kappa shape index (κ3) is 4.67. The number of aryl methyl sites for hydroxylation is 1. The van der Waals surface area contributed by atoms with Crippen molar-refractivity contribution >= 4 is 22.9 Å². The first-order valence-electron chi connectivity index (χ1n) is 10.7. The van der Waals surface area contributed by atoms with E-state index < -0.39 is 0 Å². The van der Waals surface area contributed by atoms with Crippen molar-refractivity contribution in [2.24, 2.45) is 5.73 Å². The smallest absolute Gasteiger partial charge is 0.151 e. The second-order valence-electron chi connectivity index (χ2n) is 7.86. The Labute approximate surface area is 183 Å². The van der Waals surface area contributed by atoms with Crippen molar-refractivity contribution in [3.05, 3.63) is 66.8 Å². The van der Waals surface area contributed by atoms with Crippen LogP contribution in [0.1, 0.15) is 31.0 Å². The number of rotatable bonds is 6. The van der Waals surface area contributed by atoms with Gasteiger partial charge in [-0.3, -0.25) is 4.98 Å². The van der Waals surface area contributed by atoms with E-state index in [1.165, 1.54) is 5.56 Å². The molecule has 1 aromatic carbocycles. The van der Waals surface area contributed by atoms with Gasteiger partial charge in [0.2, 0.25) is 0 Å². The summed E-state index contributed by atoms with van der Waals surface area (Å²) in [6, 6.07) is 10.6. The lowest BCUT2D eigenvalue weighted by Gasteiger charge is -2.33. The van der Waals surface area contributed by atoms with Gasteiger partial charge < -0.3 is 21.7 Å². The predicted molar refractivity (Wildman–Crippen MR) is 128 cm³/mol. The molecule has 5 N–H and O–H groups in total. The van der Waals surface area contributed by atoms with Crippen molar-refractivity contribution in [1.82, 2.24) is 15.0 Å². The third-order valence-electron chi connectivity index (χ3n) is 5.71. The second-order valence-corrected chi connectivity index (χ2v) is 7.86. The molecule has 0 spiro atoms. The van der Waals surface area contributed by atoms with E-state index in [9.17, 15) is 0 Å². The Morgan fingerprint density at radius 3 is 2.61 bits per heavy atom. The average molecular weight is 416 g/mol. The minimum absolute atomic E-state index is 0.272. The van der Waals surface area contributed by atoms with Gasteiger partial charge in [-0.05, 0) is 30.9 Å². The van der Waals surface area contributed by atoms with Gasteiger partial charge in [0.25, 0.3) is 0 Å².